The van der Waals surface area contributed by atoms with E-state index in [1.807, 2.05) is 62.4 Å². The Morgan fingerprint density at radius 2 is 1.34 bits per heavy atom. The van der Waals surface area contributed by atoms with Gasteiger partial charge in [0, 0.05) is 38.3 Å². The Morgan fingerprint density at radius 1 is 0.758 bits per heavy atom. The maximum Gasteiger partial charge on any atom is 0.243 e. The largest absolute Gasteiger partial charge is 0.370 e. The number of para-hydroxylation sites is 1. The third-order valence-electron chi connectivity index (χ3n) is 9.65. The van der Waals surface area contributed by atoms with Crippen molar-refractivity contribution in [2.75, 3.05) is 13.1 Å². The third-order valence-corrected chi connectivity index (χ3v) is 10.7. The average Bonchev–Trinajstić information content (AvgIpc) is 3.88. The van der Waals surface area contributed by atoms with Gasteiger partial charge in [-0.1, -0.05) is 56.3 Å². The number of carbonyl (C=O) groups is 5. The van der Waals surface area contributed by atoms with Crippen molar-refractivity contribution < 1.29 is 28.7 Å². The maximum absolute atomic E-state index is 14.5. The van der Waals surface area contributed by atoms with Crippen molar-refractivity contribution >= 4 is 62.9 Å². The van der Waals surface area contributed by atoms with Crippen molar-refractivity contribution in [3.8, 4) is 0 Å². The molecule has 0 aliphatic heterocycles. The number of benzene rings is 2. The lowest BCUT2D eigenvalue weighted by molar-refractivity contribution is -0.133. The fraction of sp³-hybridized carbons (Fsp3) is 0.452. The minimum Gasteiger partial charge on any atom is -0.370 e. The number of aromatic nitrogens is 3. The molecule has 334 valence electrons. The number of Topliss-reactive ketones (excluding diaryl/α,β-unsaturated/α-hetero) is 1. The Balaban J connectivity index is 1.59. The predicted octanol–water partition coefficient (Wildman–Crippen LogP) is 2.01. The summed E-state index contributed by atoms with van der Waals surface area (Å²) in [7, 11) is 0. The summed E-state index contributed by atoms with van der Waals surface area (Å²) < 4.78 is 8.45. The van der Waals surface area contributed by atoms with Gasteiger partial charge in [-0.25, -0.2) is 9.97 Å². The molecule has 0 spiro atoms. The second-order valence-electron chi connectivity index (χ2n) is 15.2. The first kappa shape index (κ1) is 48.3. The van der Waals surface area contributed by atoms with E-state index < -0.39 is 53.6 Å². The minimum atomic E-state index is -1.26. The molecule has 12 N–H and O–H groups in total. The van der Waals surface area contributed by atoms with Gasteiger partial charge in [-0.05, 0) is 62.1 Å². The number of nitrogens with one attached hydrogen (secondary N) is 8. The Morgan fingerprint density at radius 3 is 1.97 bits per heavy atom. The molecule has 0 bridgehead atoms. The zero-order chi connectivity index (χ0) is 45.0. The van der Waals surface area contributed by atoms with Crippen LogP contribution in [-0.2, 0) is 43.7 Å². The van der Waals surface area contributed by atoms with Gasteiger partial charge in [-0.15, -0.1) is 11.3 Å². The third kappa shape index (κ3) is 16.2. The van der Waals surface area contributed by atoms with Crippen molar-refractivity contribution in [1.82, 2.24) is 46.4 Å². The zero-order valence-corrected chi connectivity index (χ0v) is 36.2. The molecule has 4 atom stereocenters. The summed E-state index contributed by atoms with van der Waals surface area (Å²) >= 11 is 1.21. The summed E-state index contributed by atoms with van der Waals surface area (Å²) in [5.74, 6) is -3.09. The number of nitrogens with two attached hydrogens (primary N) is 2. The molecule has 0 saturated heterocycles. The fourth-order valence-electron chi connectivity index (χ4n) is 6.44. The van der Waals surface area contributed by atoms with Gasteiger partial charge in [0.1, 0.15) is 24.9 Å². The van der Waals surface area contributed by atoms with Crippen molar-refractivity contribution in [2.45, 2.75) is 103 Å². The minimum absolute atomic E-state index is 0.0641. The molecule has 2 heterocycles. The highest BCUT2D eigenvalue weighted by Gasteiger charge is 2.33. The van der Waals surface area contributed by atoms with Crippen LogP contribution in [0, 0.1) is 16.7 Å². The van der Waals surface area contributed by atoms with Crippen LogP contribution in [0.2, 0.25) is 0 Å². The van der Waals surface area contributed by atoms with Crippen molar-refractivity contribution in [3.63, 3.8) is 0 Å². The number of hydrogen-bond donors (Lipinski definition) is 10. The first-order valence-electron chi connectivity index (χ1n) is 20.5. The van der Waals surface area contributed by atoms with E-state index in [9.17, 15) is 24.0 Å². The Bertz CT molecular complexity index is 2090. The predicted molar refractivity (Wildman–Crippen MR) is 237 cm³/mol. The number of imidazole rings is 1. The van der Waals surface area contributed by atoms with Crippen molar-refractivity contribution in [1.29, 1.82) is 10.8 Å². The summed E-state index contributed by atoms with van der Waals surface area (Å²) in [4.78, 5) is 77.6. The van der Waals surface area contributed by atoms with Crippen LogP contribution >= 0.6 is 11.3 Å². The molecule has 2 aromatic carbocycles. The van der Waals surface area contributed by atoms with Crippen LogP contribution in [0.15, 0.2) is 67.1 Å². The number of rotatable bonds is 26. The summed E-state index contributed by atoms with van der Waals surface area (Å²) in [6.45, 7) is 6.21. The number of thiazole rings is 1. The number of amides is 4. The summed E-state index contributed by atoms with van der Waals surface area (Å²) in [5.41, 5.74) is 13.0. The molecule has 19 nitrogen and oxygen atoms in total. The van der Waals surface area contributed by atoms with Crippen LogP contribution in [0.25, 0.3) is 10.2 Å². The Kier molecular flexibility index (Phi) is 19.3. The van der Waals surface area contributed by atoms with Crippen LogP contribution in [0.1, 0.15) is 80.4 Å². The van der Waals surface area contributed by atoms with Crippen molar-refractivity contribution in [2.24, 2.45) is 17.4 Å². The highest BCUT2D eigenvalue weighted by Crippen LogP contribution is 2.23. The van der Waals surface area contributed by atoms with E-state index in [4.69, 9.17) is 27.0 Å². The van der Waals surface area contributed by atoms with E-state index >= 15 is 0 Å². The van der Waals surface area contributed by atoms with Gasteiger partial charge < -0.3 is 52.7 Å². The lowest BCUT2D eigenvalue weighted by atomic mass is 10.0. The lowest BCUT2D eigenvalue weighted by Crippen LogP contribution is -2.58. The quantitative estimate of drug-likeness (QED) is 0.0188. The molecule has 0 aliphatic rings. The monoisotopic (exact) mass is 873 g/mol. The molecule has 0 radical (unpaired) electrons. The molecule has 0 fully saturated rings. The molecule has 4 amide bonds. The van der Waals surface area contributed by atoms with E-state index in [0.29, 0.717) is 37.1 Å². The van der Waals surface area contributed by atoms with E-state index in [1.54, 1.807) is 23.2 Å². The molecular formula is C42H59N13O6S. The number of fused-ring (bicyclic) bond motifs is 1. The Labute approximate surface area is 364 Å². The van der Waals surface area contributed by atoms with Gasteiger partial charge in [0.25, 0.3) is 0 Å². The topological polar surface area (TPSA) is 297 Å². The maximum atomic E-state index is 14.5. The highest BCUT2D eigenvalue weighted by molar-refractivity contribution is 7.20. The number of carbonyl (C=O) groups excluding carboxylic acids is 5. The number of ether oxygens (including phenoxy) is 1. The molecule has 62 heavy (non-hydrogen) atoms. The molecule has 4 aromatic rings. The van der Waals surface area contributed by atoms with Crippen LogP contribution in [0.3, 0.4) is 0 Å². The highest BCUT2D eigenvalue weighted by atomic mass is 32.1. The van der Waals surface area contributed by atoms with E-state index in [2.05, 4.69) is 41.9 Å². The second-order valence-corrected chi connectivity index (χ2v) is 16.3. The number of ketones is 1. The molecule has 4 rings (SSSR count). The zero-order valence-electron chi connectivity index (χ0n) is 35.4. The van der Waals surface area contributed by atoms with Crippen LogP contribution in [0.4, 0.5) is 0 Å². The summed E-state index contributed by atoms with van der Waals surface area (Å²) in [5, 5.41) is 31.7. The normalized spacial score (nSPS) is 13.0. The molecule has 0 aliphatic carbocycles. The second kappa shape index (κ2) is 24.7. The van der Waals surface area contributed by atoms with Gasteiger partial charge in [0.2, 0.25) is 29.4 Å². The first-order chi connectivity index (χ1) is 29.7. The van der Waals surface area contributed by atoms with Crippen LogP contribution in [0.5, 0.6) is 0 Å². The Hall–Kier alpha value is -6.41. The van der Waals surface area contributed by atoms with Gasteiger partial charge in [-0.3, -0.25) is 34.8 Å². The molecule has 2 aromatic heterocycles. The van der Waals surface area contributed by atoms with Crippen molar-refractivity contribution in [3.05, 3.63) is 83.4 Å². The number of nitrogens with zero attached hydrogens (tertiary/aromatic N) is 3. The average molecular weight is 874 g/mol. The standard InChI is InChI=1S/C42H59N13O6S/c1-26(2)17-18-33(38(59)51-31(14-9-19-48-41(43)44)36(57)40-54-30-13-7-8-16-35(30)62-40)52-39(60)34(53-37(58)32(50-27(3)56)15-10-20-49-42(45)46)21-29-22-47-24-55(29)25-61-23-28-11-5-4-6-12-28/h4-8,11-13,16,22,24,26,31-34H,9-10,14-15,17-21,23,25H2,1-3H3,(H,50,56)(H,51,59)(H,52,60)(H,53,58)(H4,43,44,48)(H4,45,46,49)/t31-,32+,33-,34-/m0/s1. The van der Waals surface area contributed by atoms with Gasteiger partial charge in [-0.2, -0.15) is 0 Å². The van der Waals surface area contributed by atoms with Gasteiger partial charge >= 0.3 is 0 Å². The lowest BCUT2D eigenvalue weighted by Gasteiger charge is -2.27. The van der Waals surface area contributed by atoms with Crippen LogP contribution < -0.4 is 43.4 Å². The first-order valence-corrected chi connectivity index (χ1v) is 21.4. The summed E-state index contributed by atoms with van der Waals surface area (Å²) in [6, 6.07) is 12.5. The van der Waals surface area contributed by atoms with E-state index in [-0.39, 0.29) is 68.3 Å². The molecule has 0 unspecified atom stereocenters. The van der Waals surface area contributed by atoms with E-state index in [0.717, 1.165) is 10.3 Å². The number of guanidine groups is 2. The molecular weight excluding hydrogens is 815 g/mol. The smallest absolute Gasteiger partial charge is 0.243 e. The van der Waals surface area contributed by atoms with Gasteiger partial charge in [0.05, 0.1) is 29.2 Å². The summed E-state index contributed by atoms with van der Waals surface area (Å²) in [6.07, 6.45) is 4.88. The molecule has 20 heteroatoms. The van der Waals surface area contributed by atoms with E-state index in [1.165, 1.54) is 18.3 Å². The van der Waals surface area contributed by atoms with Crippen LogP contribution in [-0.4, -0.2) is 93.1 Å². The fourth-order valence-corrected chi connectivity index (χ4v) is 7.40. The number of hydrogen-bond acceptors (Lipinski definition) is 11. The van der Waals surface area contributed by atoms with Gasteiger partial charge in [0.15, 0.2) is 16.9 Å². The molecule has 0 saturated carbocycles. The SMILES string of the molecule is CC(=O)N[C@H](CCCNC(=N)N)C(=O)N[C@@H](Cc1cncn1COCc1ccccc1)C(=O)N[C@@H](CCC(C)C)C(=O)N[C@@H](CCCNC(=N)N)C(=O)c1nc2ccccc2s1.